The summed E-state index contributed by atoms with van der Waals surface area (Å²) in [7, 11) is 0. The maximum absolute atomic E-state index is 14.9. The lowest BCUT2D eigenvalue weighted by Gasteiger charge is -2.27. The molecule has 1 nitrogen and oxygen atoms in total. The van der Waals surface area contributed by atoms with Crippen molar-refractivity contribution in [1.29, 1.82) is 0 Å². The molecule has 30 heavy (non-hydrogen) atoms. The molecule has 2 aromatic carbocycles. The van der Waals surface area contributed by atoms with Crippen molar-refractivity contribution in [2.45, 2.75) is 71.3 Å². The SMILES string of the molecule is CC=C[C@H]1CC[C@H](c2cc(F)c(-c3ccc(COCCCCC)cc3)c(F)c2)CC1. The smallest absolute Gasteiger partial charge is 0.134 e. The number of rotatable bonds is 9. The van der Waals surface area contributed by atoms with Gasteiger partial charge in [-0.1, -0.05) is 56.2 Å². The molecule has 1 fully saturated rings. The van der Waals surface area contributed by atoms with Gasteiger partial charge < -0.3 is 4.74 Å². The van der Waals surface area contributed by atoms with Gasteiger partial charge in [-0.2, -0.15) is 0 Å². The zero-order chi connectivity index (χ0) is 21.3. The summed E-state index contributed by atoms with van der Waals surface area (Å²) in [5.41, 5.74) is 2.45. The van der Waals surface area contributed by atoms with Crippen LogP contribution in [0.1, 0.15) is 75.8 Å². The van der Waals surface area contributed by atoms with E-state index in [1.54, 1.807) is 24.3 Å². The molecule has 3 rings (SSSR count). The monoisotopic (exact) mass is 412 g/mol. The maximum atomic E-state index is 14.9. The molecule has 1 aliphatic rings. The summed E-state index contributed by atoms with van der Waals surface area (Å²) in [6, 6.07) is 10.4. The second-order valence-corrected chi connectivity index (χ2v) is 8.45. The molecule has 0 atom stereocenters. The van der Waals surface area contributed by atoms with E-state index in [0.717, 1.165) is 49.8 Å². The van der Waals surface area contributed by atoms with Crippen LogP contribution >= 0.6 is 0 Å². The van der Waals surface area contributed by atoms with Gasteiger partial charge >= 0.3 is 0 Å². The number of unbranched alkanes of at least 4 members (excludes halogenated alkanes) is 2. The normalized spacial score (nSPS) is 19.5. The van der Waals surface area contributed by atoms with E-state index in [0.29, 0.717) is 18.1 Å². The van der Waals surface area contributed by atoms with E-state index < -0.39 is 11.6 Å². The van der Waals surface area contributed by atoms with E-state index in [9.17, 15) is 8.78 Å². The van der Waals surface area contributed by atoms with Gasteiger partial charge in [-0.05, 0) is 79.7 Å². The Bertz CT molecular complexity index is 794. The first kappa shape index (κ1) is 22.7. The third-order valence-corrected chi connectivity index (χ3v) is 6.18. The second-order valence-electron chi connectivity index (χ2n) is 8.45. The zero-order valence-electron chi connectivity index (χ0n) is 18.3. The number of allylic oxidation sites excluding steroid dienone is 2. The Kier molecular flexibility index (Phi) is 8.62. The molecule has 0 heterocycles. The lowest BCUT2D eigenvalue weighted by atomic mass is 9.78. The average Bonchev–Trinajstić information content (AvgIpc) is 2.75. The maximum Gasteiger partial charge on any atom is 0.134 e. The van der Waals surface area contributed by atoms with Crippen LogP contribution in [0.15, 0.2) is 48.6 Å². The molecule has 1 saturated carbocycles. The summed E-state index contributed by atoms with van der Waals surface area (Å²) in [4.78, 5) is 0. The second kappa shape index (κ2) is 11.4. The molecule has 1 aliphatic carbocycles. The van der Waals surface area contributed by atoms with Crippen LogP contribution in [0.4, 0.5) is 8.78 Å². The zero-order valence-corrected chi connectivity index (χ0v) is 18.3. The van der Waals surface area contributed by atoms with Crippen molar-refractivity contribution in [3.05, 3.63) is 71.3 Å². The topological polar surface area (TPSA) is 9.23 Å². The van der Waals surface area contributed by atoms with Gasteiger partial charge in [0.15, 0.2) is 0 Å². The number of hydrogen-bond donors (Lipinski definition) is 0. The first-order valence-electron chi connectivity index (χ1n) is 11.4. The summed E-state index contributed by atoms with van der Waals surface area (Å²) in [6.07, 6.45) is 11.9. The lowest BCUT2D eigenvalue weighted by molar-refractivity contribution is 0.117. The summed E-state index contributed by atoms with van der Waals surface area (Å²) < 4.78 is 35.5. The van der Waals surface area contributed by atoms with Crippen LogP contribution in [0, 0.1) is 17.6 Å². The van der Waals surface area contributed by atoms with Crippen molar-refractivity contribution in [2.24, 2.45) is 5.92 Å². The number of ether oxygens (including phenoxy) is 1. The van der Waals surface area contributed by atoms with E-state index in [4.69, 9.17) is 4.74 Å². The van der Waals surface area contributed by atoms with Crippen LogP contribution in [-0.4, -0.2) is 6.61 Å². The third-order valence-electron chi connectivity index (χ3n) is 6.18. The largest absolute Gasteiger partial charge is 0.377 e. The van der Waals surface area contributed by atoms with Crippen LogP contribution in [0.5, 0.6) is 0 Å². The van der Waals surface area contributed by atoms with Gasteiger partial charge in [0.1, 0.15) is 11.6 Å². The summed E-state index contributed by atoms with van der Waals surface area (Å²) >= 11 is 0. The van der Waals surface area contributed by atoms with Crippen molar-refractivity contribution in [3.63, 3.8) is 0 Å². The van der Waals surface area contributed by atoms with Gasteiger partial charge in [0, 0.05) is 6.61 Å². The summed E-state index contributed by atoms with van der Waals surface area (Å²) in [5, 5.41) is 0. The molecule has 3 heteroatoms. The molecular formula is C27H34F2O. The van der Waals surface area contributed by atoms with Crippen LogP contribution in [0.3, 0.4) is 0 Å². The van der Waals surface area contributed by atoms with E-state index in [1.165, 1.54) is 12.8 Å². The van der Waals surface area contributed by atoms with E-state index >= 15 is 0 Å². The van der Waals surface area contributed by atoms with Gasteiger partial charge in [-0.25, -0.2) is 8.78 Å². The molecule has 0 N–H and O–H groups in total. The van der Waals surface area contributed by atoms with Crippen molar-refractivity contribution >= 4 is 0 Å². The number of hydrogen-bond acceptors (Lipinski definition) is 1. The minimum atomic E-state index is -0.468. The number of halogens is 2. The Hall–Kier alpha value is -2.00. The molecule has 0 aliphatic heterocycles. The third kappa shape index (κ3) is 6.01. The predicted molar refractivity (Wildman–Crippen MR) is 120 cm³/mol. The molecule has 0 spiro atoms. The molecule has 2 aromatic rings. The fourth-order valence-electron chi connectivity index (χ4n) is 4.43. The predicted octanol–water partition coefficient (Wildman–Crippen LogP) is 8.19. The molecule has 162 valence electrons. The van der Waals surface area contributed by atoms with Gasteiger partial charge in [0.25, 0.3) is 0 Å². The van der Waals surface area contributed by atoms with Crippen LogP contribution in [-0.2, 0) is 11.3 Å². The molecule has 0 amide bonds. The average molecular weight is 413 g/mol. The highest BCUT2D eigenvalue weighted by Crippen LogP contribution is 2.38. The van der Waals surface area contributed by atoms with Crippen molar-refractivity contribution in [2.75, 3.05) is 6.61 Å². The van der Waals surface area contributed by atoms with Gasteiger partial charge in [-0.15, -0.1) is 0 Å². The Morgan fingerprint density at radius 2 is 1.63 bits per heavy atom. The first-order valence-corrected chi connectivity index (χ1v) is 11.4. The highest BCUT2D eigenvalue weighted by Gasteiger charge is 2.23. The molecule has 0 unspecified atom stereocenters. The molecule has 0 radical (unpaired) electrons. The lowest BCUT2D eigenvalue weighted by Crippen LogP contribution is -2.12. The first-order chi connectivity index (χ1) is 14.6. The molecule has 0 saturated heterocycles. The van der Waals surface area contributed by atoms with Crippen molar-refractivity contribution in [3.8, 4) is 11.1 Å². The standard InChI is InChI=1S/C27H34F2O/c1-3-5-6-16-30-19-21-10-14-23(15-11-21)27-25(28)17-24(18-26(27)29)22-12-8-20(7-4-2)9-13-22/h4,7,10-11,14-15,17-18,20,22H,3,5-6,8-9,12-13,16,19H2,1-2H3/t20-,22-. The minimum Gasteiger partial charge on any atom is -0.377 e. The molecule has 0 bridgehead atoms. The van der Waals surface area contributed by atoms with E-state index in [1.807, 2.05) is 19.1 Å². The molecular weight excluding hydrogens is 378 g/mol. The minimum absolute atomic E-state index is 0.0665. The molecule has 0 aromatic heterocycles. The fourth-order valence-corrected chi connectivity index (χ4v) is 4.43. The van der Waals surface area contributed by atoms with Crippen molar-refractivity contribution in [1.82, 2.24) is 0 Å². The van der Waals surface area contributed by atoms with E-state index in [2.05, 4.69) is 19.1 Å². The number of benzene rings is 2. The van der Waals surface area contributed by atoms with Crippen LogP contribution in [0.25, 0.3) is 11.1 Å². The van der Waals surface area contributed by atoms with Gasteiger partial charge in [0.2, 0.25) is 0 Å². The Morgan fingerprint density at radius 3 is 2.23 bits per heavy atom. The Morgan fingerprint density at radius 1 is 0.967 bits per heavy atom. The quantitative estimate of drug-likeness (QED) is 0.298. The Labute approximate surface area is 180 Å². The van der Waals surface area contributed by atoms with Gasteiger partial charge in [0.05, 0.1) is 12.2 Å². The van der Waals surface area contributed by atoms with Crippen LogP contribution < -0.4 is 0 Å². The van der Waals surface area contributed by atoms with Gasteiger partial charge in [-0.3, -0.25) is 0 Å². The Balaban J connectivity index is 1.65. The van der Waals surface area contributed by atoms with Crippen LogP contribution in [0.2, 0.25) is 0 Å². The fraction of sp³-hybridized carbons (Fsp3) is 0.481. The van der Waals surface area contributed by atoms with Crippen molar-refractivity contribution < 1.29 is 13.5 Å². The highest BCUT2D eigenvalue weighted by atomic mass is 19.1. The summed E-state index contributed by atoms with van der Waals surface area (Å²) in [6.45, 7) is 5.49. The van der Waals surface area contributed by atoms with E-state index in [-0.39, 0.29) is 11.5 Å². The summed E-state index contributed by atoms with van der Waals surface area (Å²) in [5.74, 6) is -0.0839. The highest BCUT2D eigenvalue weighted by molar-refractivity contribution is 5.65.